The van der Waals surface area contributed by atoms with Gasteiger partial charge in [0.15, 0.2) is 0 Å². The number of nitrogens with one attached hydrogen (secondary N) is 1. The fourth-order valence-corrected chi connectivity index (χ4v) is 3.29. The molecule has 0 amide bonds. The minimum Gasteiger partial charge on any atom is -0.377 e. The molecule has 3 rings (SSSR count). The normalized spacial score (nSPS) is 17.4. The first kappa shape index (κ1) is 14.6. The first-order valence-corrected chi connectivity index (χ1v) is 8.17. The fraction of sp³-hybridized carbons (Fsp3) is 0.474. The Bertz CT molecular complexity index is 569. The van der Waals surface area contributed by atoms with Crippen LogP contribution in [-0.2, 0) is 4.74 Å². The molecule has 1 aliphatic carbocycles. The summed E-state index contributed by atoms with van der Waals surface area (Å²) in [5.74, 6) is 0. The van der Waals surface area contributed by atoms with E-state index in [1.54, 1.807) is 0 Å². The van der Waals surface area contributed by atoms with Gasteiger partial charge in [-0.25, -0.2) is 0 Å². The van der Waals surface area contributed by atoms with Crippen LogP contribution in [0.15, 0.2) is 42.5 Å². The van der Waals surface area contributed by atoms with Crippen molar-refractivity contribution in [3.63, 3.8) is 0 Å². The highest BCUT2D eigenvalue weighted by Gasteiger charge is 2.15. The summed E-state index contributed by atoms with van der Waals surface area (Å²) in [6.07, 6.45) is 5.69. The van der Waals surface area contributed by atoms with Crippen LogP contribution in [0.3, 0.4) is 0 Å². The van der Waals surface area contributed by atoms with Crippen LogP contribution in [-0.4, -0.2) is 19.3 Å². The zero-order valence-corrected chi connectivity index (χ0v) is 12.8. The van der Waals surface area contributed by atoms with Gasteiger partial charge in [0, 0.05) is 12.6 Å². The average molecular weight is 283 g/mol. The highest BCUT2D eigenvalue weighted by molar-refractivity contribution is 5.86. The molecule has 2 nitrogen and oxygen atoms in total. The molecule has 1 fully saturated rings. The highest BCUT2D eigenvalue weighted by atomic mass is 16.5. The quantitative estimate of drug-likeness (QED) is 0.791. The SMILES string of the molecule is CC(NCCOC1CCCC1)c1cccc2ccccc12. The Morgan fingerprint density at radius 3 is 2.71 bits per heavy atom. The van der Waals surface area contributed by atoms with Gasteiger partial charge in [-0.3, -0.25) is 0 Å². The molecular weight excluding hydrogens is 258 g/mol. The van der Waals surface area contributed by atoms with Gasteiger partial charge in [0.25, 0.3) is 0 Å². The summed E-state index contributed by atoms with van der Waals surface area (Å²) in [6, 6.07) is 15.5. The standard InChI is InChI=1S/C19H25NO/c1-15(20-13-14-21-17-9-3-4-10-17)18-12-6-8-16-7-2-5-11-19(16)18/h2,5-8,11-12,15,17,20H,3-4,9-10,13-14H2,1H3. The number of fused-ring (bicyclic) bond motifs is 1. The van der Waals surface area contributed by atoms with Crippen molar-refractivity contribution in [3.8, 4) is 0 Å². The molecule has 0 bridgehead atoms. The molecule has 0 aliphatic heterocycles. The Morgan fingerprint density at radius 2 is 1.86 bits per heavy atom. The van der Waals surface area contributed by atoms with E-state index >= 15 is 0 Å². The molecule has 1 atom stereocenters. The van der Waals surface area contributed by atoms with Gasteiger partial charge >= 0.3 is 0 Å². The highest BCUT2D eigenvalue weighted by Crippen LogP contribution is 2.24. The Labute approximate surface area is 127 Å². The fourth-order valence-electron chi connectivity index (χ4n) is 3.29. The molecule has 21 heavy (non-hydrogen) atoms. The monoisotopic (exact) mass is 283 g/mol. The second-order valence-corrected chi connectivity index (χ2v) is 6.02. The summed E-state index contributed by atoms with van der Waals surface area (Å²) in [7, 11) is 0. The van der Waals surface area contributed by atoms with Gasteiger partial charge < -0.3 is 10.1 Å². The van der Waals surface area contributed by atoms with E-state index in [0.29, 0.717) is 12.1 Å². The zero-order valence-electron chi connectivity index (χ0n) is 12.8. The molecule has 112 valence electrons. The molecule has 0 radical (unpaired) electrons. The maximum atomic E-state index is 5.91. The van der Waals surface area contributed by atoms with Crippen LogP contribution in [0.5, 0.6) is 0 Å². The lowest BCUT2D eigenvalue weighted by Gasteiger charge is -2.18. The molecule has 2 heteroatoms. The average Bonchev–Trinajstić information content (AvgIpc) is 3.04. The van der Waals surface area contributed by atoms with E-state index < -0.39 is 0 Å². The Kier molecular flexibility index (Phi) is 4.89. The zero-order chi connectivity index (χ0) is 14.5. The van der Waals surface area contributed by atoms with Crippen molar-refractivity contribution in [1.82, 2.24) is 5.32 Å². The van der Waals surface area contributed by atoms with E-state index in [-0.39, 0.29) is 0 Å². The van der Waals surface area contributed by atoms with Crippen LogP contribution in [0.25, 0.3) is 10.8 Å². The summed E-state index contributed by atoms with van der Waals surface area (Å²) in [6.45, 7) is 3.97. The smallest absolute Gasteiger partial charge is 0.0594 e. The van der Waals surface area contributed by atoms with E-state index in [4.69, 9.17) is 4.74 Å². The predicted molar refractivity (Wildman–Crippen MR) is 88.6 cm³/mol. The lowest BCUT2D eigenvalue weighted by atomic mass is 10.00. The largest absolute Gasteiger partial charge is 0.377 e. The van der Waals surface area contributed by atoms with E-state index in [9.17, 15) is 0 Å². The van der Waals surface area contributed by atoms with Crippen LogP contribution in [0.2, 0.25) is 0 Å². The molecule has 0 saturated heterocycles. The van der Waals surface area contributed by atoms with Crippen molar-refractivity contribution in [1.29, 1.82) is 0 Å². The molecule has 1 unspecified atom stereocenters. The van der Waals surface area contributed by atoms with E-state index in [0.717, 1.165) is 13.2 Å². The third-order valence-corrected chi connectivity index (χ3v) is 4.50. The van der Waals surface area contributed by atoms with Crippen LogP contribution < -0.4 is 5.32 Å². The van der Waals surface area contributed by atoms with Gasteiger partial charge in [0.1, 0.15) is 0 Å². The Morgan fingerprint density at radius 1 is 1.10 bits per heavy atom. The Balaban J connectivity index is 1.55. The third kappa shape index (κ3) is 3.63. The van der Waals surface area contributed by atoms with E-state index in [1.165, 1.54) is 42.0 Å². The van der Waals surface area contributed by atoms with Crippen molar-refractivity contribution >= 4 is 10.8 Å². The minimum atomic E-state index is 0.350. The second-order valence-electron chi connectivity index (χ2n) is 6.02. The Hall–Kier alpha value is -1.38. The second kappa shape index (κ2) is 7.06. The maximum Gasteiger partial charge on any atom is 0.0594 e. The molecule has 2 aromatic carbocycles. The van der Waals surface area contributed by atoms with Gasteiger partial charge in [0.2, 0.25) is 0 Å². The van der Waals surface area contributed by atoms with Gasteiger partial charge in [-0.05, 0) is 36.1 Å². The number of benzene rings is 2. The predicted octanol–water partition coefficient (Wildman–Crippen LogP) is 4.45. The molecule has 2 aromatic rings. The number of ether oxygens (including phenoxy) is 1. The summed E-state index contributed by atoms with van der Waals surface area (Å²) in [5, 5.41) is 6.25. The first-order valence-electron chi connectivity index (χ1n) is 8.17. The van der Waals surface area contributed by atoms with Crippen molar-refractivity contribution in [2.24, 2.45) is 0 Å². The summed E-state index contributed by atoms with van der Waals surface area (Å²) < 4.78 is 5.91. The molecule has 1 N–H and O–H groups in total. The van der Waals surface area contributed by atoms with Gasteiger partial charge in [0.05, 0.1) is 12.7 Å². The number of hydrogen-bond donors (Lipinski definition) is 1. The minimum absolute atomic E-state index is 0.350. The van der Waals surface area contributed by atoms with Gasteiger partial charge in [-0.2, -0.15) is 0 Å². The van der Waals surface area contributed by atoms with Crippen LogP contribution in [0.4, 0.5) is 0 Å². The van der Waals surface area contributed by atoms with Crippen molar-refractivity contribution in [3.05, 3.63) is 48.0 Å². The van der Waals surface area contributed by atoms with Crippen LogP contribution in [0.1, 0.15) is 44.2 Å². The van der Waals surface area contributed by atoms with Crippen molar-refractivity contribution < 1.29 is 4.74 Å². The molecule has 1 aliphatic rings. The third-order valence-electron chi connectivity index (χ3n) is 4.50. The number of hydrogen-bond acceptors (Lipinski definition) is 2. The maximum absolute atomic E-state index is 5.91. The molecule has 0 aromatic heterocycles. The van der Waals surface area contributed by atoms with Crippen LogP contribution in [0, 0.1) is 0 Å². The lowest BCUT2D eigenvalue weighted by Crippen LogP contribution is -2.25. The van der Waals surface area contributed by atoms with E-state index in [1.807, 2.05) is 0 Å². The first-order chi connectivity index (χ1) is 10.3. The van der Waals surface area contributed by atoms with Crippen molar-refractivity contribution in [2.75, 3.05) is 13.2 Å². The van der Waals surface area contributed by atoms with E-state index in [2.05, 4.69) is 54.7 Å². The molecular formula is C19H25NO. The molecule has 1 saturated carbocycles. The van der Waals surface area contributed by atoms with Crippen molar-refractivity contribution in [2.45, 2.75) is 44.8 Å². The molecule has 0 heterocycles. The van der Waals surface area contributed by atoms with Gasteiger partial charge in [-0.1, -0.05) is 55.3 Å². The summed E-state index contributed by atoms with van der Waals surface area (Å²) in [4.78, 5) is 0. The summed E-state index contributed by atoms with van der Waals surface area (Å²) in [5.41, 5.74) is 1.37. The molecule has 0 spiro atoms. The van der Waals surface area contributed by atoms with Gasteiger partial charge in [-0.15, -0.1) is 0 Å². The topological polar surface area (TPSA) is 21.3 Å². The van der Waals surface area contributed by atoms with Crippen LogP contribution >= 0.6 is 0 Å². The lowest BCUT2D eigenvalue weighted by molar-refractivity contribution is 0.0594. The number of rotatable bonds is 6. The summed E-state index contributed by atoms with van der Waals surface area (Å²) >= 11 is 0.